The molecule has 0 spiro atoms. The zero-order valence-corrected chi connectivity index (χ0v) is 15.1. The van der Waals surface area contributed by atoms with Gasteiger partial charge in [0, 0.05) is 16.1 Å². The molecule has 0 unspecified atom stereocenters. The standard InChI is InChI=1S/C18H12ClN3O3S/c1-24-13-5-3-12(4-6-13)20-18-22-21-16(26-18)14-9-10-8-11(19)2-7-15(10)25-17(14)23/h2-9H,1H3,(H,20,22). The molecule has 0 fully saturated rings. The maximum absolute atomic E-state index is 12.3. The Morgan fingerprint density at radius 3 is 2.69 bits per heavy atom. The molecule has 0 saturated carbocycles. The van der Waals surface area contributed by atoms with Gasteiger partial charge >= 0.3 is 5.63 Å². The van der Waals surface area contributed by atoms with Crippen LogP contribution in [0.3, 0.4) is 0 Å². The summed E-state index contributed by atoms with van der Waals surface area (Å²) in [7, 11) is 1.61. The molecular formula is C18H12ClN3O3S. The topological polar surface area (TPSA) is 77.2 Å². The van der Waals surface area contributed by atoms with Crippen molar-refractivity contribution in [2.75, 3.05) is 12.4 Å². The van der Waals surface area contributed by atoms with Gasteiger partial charge in [0.15, 0.2) is 5.01 Å². The molecular weight excluding hydrogens is 374 g/mol. The van der Waals surface area contributed by atoms with Gasteiger partial charge in [-0.2, -0.15) is 0 Å². The summed E-state index contributed by atoms with van der Waals surface area (Å²) >= 11 is 7.27. The fraction of sp³-hybridized carbons (Fsp3) is 0.0556. The van der Waals surface area contributed by atoms with Crippen molar-refractivity contribution >= 4 is 44.7 Å². The monoisotopic (exact) mass is 385 g/mol. The first kappa shape index (κ1) is 16.6. The van der Waals surface area contributed by atoms with E-state index < -0.39 is 5.63 Å². The van der Waals surface area contributed by atoms with Gasteiger partial charge < -0.3 is 14.5 Å². The van der Waals surface area contributed by atoms with E-state index in [4.69, 9.17) is 20.8 Å². The molecule has 0 bridgehead atoms. The van der Waals surface area contributed by atoms with Crippen LogP contribution in [0.2, 0.25) is 5.02 Å². The quantitative estimate of drug-likeness (QED) is 0.512. The predicted molar refractivity (Wildman–Crippen MR) is 103 cm³/mol. The molecule has 2 aromatic heterocycles. The van der Waals surface area contributed by atoms with Crippen molar-refractivity contribution in [3.8, 4) is 16.3 Å². The number of anilines is 2. The second kappa shape index (κ2) is 6.78. The lowest BCUT2D eigenvalue weighted by molar-refractivity contribution is 0.415. The maximum atomic E-state index is 12.3. The molecule has 2 heterocycles. The third-order valence-corrected chi connectivity index (χ3v) is 4.80. The van der Waals surface area contributed by atoms with E-state index >= 15 is 0 Å². The van der Waals surface area contributed by atoms with E-state index in [0.717, 1.165) is 16.8 Å². The summed E-state index contributed by atoms with van der Waals surface area (Å²) in [5.74, 6) is 0.765. The number of halogens is 1. The van der Waals surface area contributed by atoms with Crippen LogP contribution in [0.15, 0.2) is 57.7 Å². The lowest BCUT2D eigenvalue weighted by Crippen LogP contribution is -2.02. The highest BCUT2D eigenvalue weighted by atomic mass is 35.5. The fourth-order valence-corrected chi connectivity index (χ4v) is 3.37. The van der Waals surface area contributed by atoms with E-state index in [-0.39, 0.29) is 0 Å². The maximum Gasteiger partial charge on any atom is 0.346 e. The normalized spacial score (nSPS) is 10.8. The molecule has 1 N–H and O–H groups in total. The van der Waals surface area contributed by atoms with Crippen molar-refractivity contribution in [3.63, 3.8) is 0 Å². The molecule has 6 nitrogen and oxygen atoms in total. The van der Waals surface area contributed by atoms with Crippen LogP contribution in [0.4, 0.5) is 10.8 Å². The number of hydrogen-bond acceptors (Lipinski definition) is 7. The summed E-state index contributed by atoms with van der Waals surface area (Å²) in [5.41, 5.74) is 1.20. The van der Waals surface area contributed by atoms with E-state index in [0.29, 0.717) is 26.3 Å². The minimum atomic E-state index is -0.466. The second-order valence-electron chi connectivity index (χ2n) is 5.40. The number of fused-ring (bicyclic) bond motifs is 1. The molecule has 26 heavy (non-hydrogen) atoms. The number of nitrogens with one attached hydrogen (secondary N) is 1. The minimum absolute atomic E-state index is 0.347. The Morgan fingerprint density at radius 1 is 1.12 bits per heavy atom. The van der Waals surface area contributed by atoms with E-state index in [1.54, 1.807) is 31.4 Å². The molecule has 8 heteroatoms. The van der Waals surface area contributed by atoms with Gasteiger partial charge in [0.05, 0.1) is 12.7 Å². The van der Waals surface area contributed by atoms with Crippen LogP contribution in [0.1, 0.15) is 0 Å². The zero-order valence-electron chi connectivity index (χ0n) is 13.5. The molecule has 4 aromatic rings. The molecule has 0 aliphatic carbocycles. The Balaban J connectivity index is 1.65. The highest BCUT2D eigenvalue weighted by Gasteiger charge is 2.13. The second-order valence-corrected chi connectivity index (χ2v) is 6.81. The van der Waals surface area contributed by atoms with E-state index in [2.05, 4.69) is 15.5 Å². The molecule has 130 valence electrons. The van der Waals surface area contributed by atoms with Crippen LogP contribution in [-0.2, 0) is 0 Å². The van der Waals surface area contributed by atoms with Crippen molar-refractivity contribution in [2.24, 2.45) is 0 Å². The first-order valence-electron chi connectivity index (χ1n) is 7.61. The third-order valence-electron chi connectivity index (χ3n) is 3.69. The van der Waals surface area contributed by atoms with Gasteiger partial charge in [-0.3, -0.25) is 0 Å². The highest BCUT2D eigenvalue weighted by molar-refractivity contribution is 7.18. The first-order chi connectivity index (χ1) is 12.6. The van der Waals surface area contributed by atoms with E-state index in [9.17, 15) is 4.79 Å². The Bertz CT molecular complexity index is 1140. The number of ether oxygens (including phenoxy) is 1. The Labute approximate surface area is 157 Å². The van der Waals surface area contributed by atoms with Crippen LogP contribution in [-0.4, -0.2) is 17.3 Å². The van der Waals surface area contributed by atoms with Gasteiger partial charge in [-0.15, -0.1) is 10.2 Å². The van der Waals surface area contributed by atoms with Gasteiger partial charge in [0.2, 0.25) is 5.13 Å². The van der Waals surface area contributed by atoms with Crippen LogP contribution < -0.4 is 15.7 Å². The number of rotatable bonds is 4. The number of nitrogens with zero attached hydrogens (tertiary/aromatic N) is 2. The average molecular weight is 386 g/mol. The van der Waals surface area contributed by atoms with E-state index in [1.807, 2.05) is 24.3 Å². The van der Waals surface area contributed by atoms with Crippen molar-refractivity contribution in [3.05, 3.63) is 64.0 Å². The summed E-state index contributed by atoms with van der Waals surface area (Å²) < 4.78 is 10.5. The number of benzene rings is 2. The molecule has 0 atom stereocenters. The van der Waals surface area contributed by atoms with Crippen molar-refractivity contribution < 1.29 is 9.15 Å². The molecule has 0 amide bonds. The minimum Gasteiger partial charge on any atom is -0.497 e. The summed E-state index contributed by atoms with van der Waals surface area (Å²) in [4.78, 5) is 12.3. The Hall–Kier alpha value is -2.90. The summed E-state index contributed by atoms with van der Waals surface area (Å²) in [5, 5.41) is 13.7. The summed E-state index contributed by atoms with van der Waals surface area (Å²) in [6.45, 7) is 0. The highest BCUT2D eigenvalue weighted by Crippen LogP contribution is 2.29. The first-order valence-corrected chi connectivity index (χ1v) is 8.80. The molecule has 0 radical (unpaired) electrons. The zero-order chi connectivity index (χ0) is 18.1. The lowest BCUT2D eigenvalue weighted by Gasteiger charge is -2.03. The predicted octanol–water partition coefficient (Wildman–Crippen LogP) is 4.72. The van der Waals surface area contributed by atoms with Gasteiger partial charge in [0.25, 0.3) is 0 Å². The van der Waals surface area contributed by atoms with Crippen molar-refractivity contribution in [2.45, 2.75) is 0 Å². The number of hydrogen-bond donors (Lipinski definition) is 1. The van der Waals surface area contributed by atoms with Crippen molar-refractivity contribution in [1.29, 1.82) is 0 Å². The number of methoxy groups -OCH3 is 1. The smallest absolute Gasteiger partial charge is 0.346 e. The van der Waals surface area contributed by atoms with Crippen molar-refractivity contribution in [1.82, 2.24) is 10.2 Å². The largest absolute Gasteiger partial charge is 0.497 e. The number of aromatic nitrogens is 2. The van der Waals surface area contributed by atoms with Gasteiger partial charge in [-0.1, -0.05) is 22.9 Å². The van der Waals surface area contributed by atoms with Crippen LogP contribution >= 0.6 is 22.9 Å². The van der Waals surface area contributed by atoms with Gasteiger partial charge in [-0.25, -0.2) is 4.79 Å². The molecule has 0 saturated heterocycles. The molecule has 0 aliphatic rings. The Kier molecular flexibility index (Phi) is 4.32. The van der Waals surface area contributed by atoms with Gasteiger partial charge in [-0.05, 0) is 48.5 Å². The Morgan fingerprint density at radius 2 is 1.92 bits per heavy atom. The molecule has 0 aliphatic heterocycles. The molecule has 2 aromatic carbocycles. The lowest BCUT2D eigenvalue weighted by atomic mass is 10.2. The SMILES string of the molecule is COc1ccc(Nc2nnc(-c3cc4cc(Cl)ccc4oc3=O)s2)cc1. The summed E-state index contributed by atoms with van der Waals surface area (Å²) in [6.07, 6.45) is 0. The molecule has 4 rings (SSSR count). The van der Waals surface area contributed by atoms with Gasteiger partial charge in [0.1, 0.15) is 11.3 Å². The summed E-state index contributed by atoms with van der Waals surface area (Å²) in [6, 6.07) is 14.2. The van der Waals surface area contributed by atoms with Crippen LogP contribution in [0.5, 0.6) is 5.75 Å². The fourth-order valence-electron chi connectivity index (χ4n) is 2.42. The van der Waals surface area contributed by atoms with Crippen LogP contribution in [0.25, 0.3) is 21.5 Å². The third kappa shape index (κ3) is 3.26. The average Bonchev–Trinajstić information content (AvgIpc) is 3.10. The van der Waals surface area contributed by atoms with Crippen LogP contribution in [0, 0.1) is 0 Å². The van der Waals surface area contributed by atoms with E-state index in [1.165, 1.54) is 11.3 Å².